The van der Waals surface area contributed by atoms with Gasteiger partial charge in [-0.25, -0.2) is 9.78 Å². The third-order valence-corrected chi connectivity index (χ3v) is 10.7. The van der Waals surface area contributed by atoms with Crippen molar-refractivity contribution in [3.63, 3.8) is 0 Å². The van der Waals surface area contributed by atoms with Crippen molar-refractivity contribution in [3.8, 4) is 10.4 Å². The van der Waals surface area contributed by atoms with E-state index in [0.29, 0.717) is 17.6 Å². The molecule has 0 unspecified atom stereocenters. The highest BCUT2D eigenvalue weighted by Crippen LogP contribution is 2.53. The fraction of sp³-hybridized carbons (Fsp3) is 0.565. The van der Waals surface area contributed by atoms with Crippen molar-refractivity contribution in [1.29, 1.82) is 0 Å². The summed E-state index contributed by atoms with van der Waals surface area (Å²) in [5.74, 6) is 0.469. The van der Waals surface area contributed by atoms with Gasteiger partial charge in [-0.1, -0.05) is 6.07 Å². The van der Waals surface area contributed by atoms with Crippen molar-refractivity contribution >= 4 is 35.6 Å². The fourth-order valence-corrected chi connectivity index (χ4v) is 8.96. The maximum atomic E-state index is 13.8. The van der Waals surface area contributed by atoms with Crippen molar-refractivity contribution in [2.45, 2.75) is 70.4 Å². The highest BCUT2D eigenvalue weighted by Gasteiger charge is 2.32. The highest BCUT2D eigenvalue weighted by atomic mass is 32.1. The van der Waals surface area contributed by atoms with Gasteiger partial charge in [0.1, 0.15) is 7.14 Å². The van der Waals surface area contributed by atoms with Crippen LogP contribution in [0.3, 0.4) is 0 Å². The van der Waals surface area contributed by atoms with E-state index in [1.165, 1.54) is 0 Å². The predicted molar refractivity (Wildman–Crippen MR) is 128 cm³/mol. The van der Waals surface area contributed by atoms with Gasteiger partial charge in [-0.05, 0) is 64.5 Å². The van der Waals surface area contributed by atoms with Gasteiger partial charge in [-0.2, -0.15) is 0 Å². The summed E-state index contributed by atoms with van der Waals surface area (Å²) < 4.78 is 19.0. The zero-order valence-electron chi connectivity index (χ0n) is 18.3. The number of carbonyl (C=O) groups is 1. The van der Waals surface area contributed by atoms with Gasteiger partial charge in [-0.3, -0.25) is 5.32 Å². The molecule has 1 saturated heterocycles. The molecule has 0 radical (unpaired) electrons. The van der Waals surface area contributed by atoms with E-state index in [1.807, 2.05) is 38.2 Å². The van der Waals surface area contributed by atoms with Crippen molar-refractivity contribution in [2.24, 2.45) is 5.73 Å². The van der Waals surface area contributed by atoms with Crippen LogP contribution in [-0.4, -0.2) is 35.5 Å². The van der Waals surface area contributed by atoms with Gasteiger partial charge in [0.25, 0.3) is 0 Å². The lowest BCUT2D eigenvalue weighted by Gasteiger charge is -2.24. The van der Waals surface area contributed by atoms with Crippen LogP contribution in [0.4, 0.5) is 10.5 Å². The number of carbonyl (C=O) groups excluding carboxylic acids is 1. The minimum Gasteiger partial charge on any atom is -0.447 e. The van der Waals surface area contributed by atoms with Crippen LogP contribution in [0.25, 0.3) is 10.4 Å². The van der Waals surface area contributed by atoms with Crippen molar-refractivity contribution in [3.05, 3.63) is 29.4 Å². The van der Waals surface area contributed by atoms with Gasteiger partial charge in [-0.15, -0.1) is 11.3 Å². The molecule has 0 spiro atoms. The largest absolute Gasteiger partial charge is 0.447 e. The van der Waals surface area contributed by atoms with E-state index in [0.717, 1.165) is 71.6 Å². The number of ether oxygens (including phenoxy) is 1. The number of rotatable bonds is 5. The zero-order chi connectivity index (χ0) is 22.0. The summed E-state index contributed by atoms with van der Waals surface area (Å²) in [4.78, 5) is 17.9. The molecular weight excluding hydrogens is 429 g/mol. The smallest absolute Gasteiger partial charge is 0.411 e. The average molecular weight is 462 g/mol. The lowest BCUT2D eigenvalue weighted by atomic mass is 9.87. The predicted octanol–water partition coefficient (Wildman–Crippen LogP) is 5.53. The highest BCUT2D eigenvalue weighted by molar-refractivity contribution is 7.72. The number of nitrogens with two attached hydrogens (primary N) is 1. The molecular formula is C23H32N3O3PS. The second kappa shape index (κ2) is 9.43. The Labute approximate surface area is 188 Å². The van der Waals surface area contributed by atoms with E-state index in [4.69, 9.17) is 15.5 Å². The Kier molecular flexibility index (Phi) is 6.85. The fourth-order valence-electron chi connectivity index (χ4n) is 4.57. The van der Waals surface area contributed by atoms with Crippen molar-refractivity contribution < 1.29 is 14.1 Å². The Hall–Kier alpha value is -1.69. The third-order valence-electron chi connectivity index (χ3n) is 6.22. The molecule has 4 rings (SSSR count). The number of thiazole rings is 1. The van der Waals surface area contributed by atoms with E-state index in [9.17, 15) is 9.36 Å². The molecule has 1 aliphatic heterocycles. The number of hydrogen-bond acceptors (Lipinski definition) is 6. The first-order valence-corrected chi connectivity index (χ1v) is 14.2. The van der Waals surface area contributed by atoms with Crippen LogP contribution in [0.1, 0.15) is 63.3 Å². The summed E-state index contributed by atoms with van der Waals surface area (Å²) >= 11 is 1.71. The van der Waals surface area contributed by atoms with Crippen LogP contribution < -0.4 is 16.4 Å². The Bertz CT molecular complexity index is 972. The molecule has 6 nitrogen and oxygen atoms in total. The van der Waals surface area contributed by atoms with Crippen molar-refractivity contribution in [1.82, 2.24) is 4.98 Å². The normalized spacial score (nSPS) is 23.1. The molecule has 8 heteroatoms. The van der Waals surface area contributed by atoms with Gasteiger partial charge >= 0.3 is 6.09 Å². The lowest BCUT2D eigenvalue weighted by molar-refractivity contribution is 0.130. The maximum absolute atomic E-state index is 13.8. The molecule has 1 aromatic carbocycles. The number of amides is 1. The Morgan fingerprint density at radius 3 is 2.61 bits per heavy atom. The first-order valence-electron chi connectivity index (χ1n) is 11.3. The molecule has 1 aromatic heterocycles. The number of aromatic nitrogens is 1. The minimum atomic E-state index is -2.48. The molecule has 0 atom stereocenters. The maximum Gasteiger partial charge on any atom is 0.411 e. The van der Waals surface area contributed by atoms with E-state index in [1.54, 1.807) is 11.3 Å². The van der Waals surface area contributed by atoms with E-state index in [2.05, 4.69) is 5.32 Å². The van der Waals surface area contributed by atoms with Crippen LogP contribution in [0.2, 0.25) is 0 Å². The van der Waals surface area contributed by atoms with Crippen LogP contribution in [0.15, 0.2) is 24.4 Å². The molecule has 1 amide bonds. The molecule has 168 valence electrons. The zero-order valence-corrected chi connectivity index (χ0v) is 20.0. The van der Waals surface area contributed by atoms with Crippen LogP contribution in [-0.2, 0) is 9.30 Å². The standard InChI is InChI=1S/C23H32N3O3PS/c1-15(2)29-23(27)26-18-9-10-19(20(13-18)30(28)11-3-4-12-30)21-14-25-22(31-21)16-5-7-17(24)8-6-16/h9-10,13-17H,3-8,11-12,24H2,1-2H3,(H,26,27). The molecule has 2 aliphatic rings. The summed E-state index contributed by atoms with van der Waals surface area (Å²) in [6.45, 7) is 3.62. The molecule has 2 aromatic rings. The second-order valence-electron chi connectivity index (χ2n) is 9.03. The first-order chi connectivity index (χ1) is 14.8. The molecule has 2 heterocycles. The summed E-state index contributed by atoms with van der Waals surface area (Å²) in [6, 6.07) is 6.05. The Morgan fingerprint density at radius 1 is 1.23 bits per heavy atom. The minimum absolute atomic E-state index is 0.197. The first kappa shape index (κ1) is 22.5. The SMILES string of the molecule is CC(C)OC(=O)Nc1ccc(-c2cnc(C3CCC(N)CC3)s2)c(P2(=O)CCCC2)c1. The van der Waals surface area contributed by atoms with Crippen LogP contribution in [0, 0.1) is 0 Å². The lowest BCUT2D eigenvalue weighted by Crippen LogP contribution is -2.25. The van der Waals surface area contributed by atoms with Crippen molar-refractivity contribution in [2.75, 3.05) is 17.6 Å². The molecule has 2 fully saturated rings. The van der Waals surface area contributed by atoms with Gasteiger partial charge in [0, 0.05) is 47.0 Å². The quantitative estimate of drug-likeness (QED) is 0.571. The van der Waals surface area contributed by atoms with Crippen LogP contribution >= 0.6 is 18.5 Å². The van der Waals surface area contributed by atoms with Gasteiger partial charge in [0.2, 0.25) is 0 Å². The van der Waals surface area contributed by atoms with Gasteiger partial charge < -0.3 is 15.0 Å². The van der Waals surface area contributed by atoms with Gasteiger partial charge in [0.05, 0.1) is 16.0 Å². The van der Waals surface area contributed by atoms with Crippen LogP contribution in [0.5, 0.6) is 0 Å². The van der Waals surface area contributed by atoms with Gasteiger partial charge in [0.15, 0.2) is 0 Å². The Balaban J connectivity index is 1.64. The molecule has 31 heavy (non-hydrogen) atoms. The molecule has 0 bridgehead atoms. The number of anilines is 1. The molecule has 1 aliphatic carbocycles. The Morgan fingerprint density at radius 2 is 1.94 bits per heavy atom. The van der Waals surface area contributed by atoms with E-state index < -0.39 is 13.2 Å². The summed E-state index contributed by atoms with van der Waals surface area (Å²) in [5.41, 5.74) is 7.68. The molecule has 3 N–H and O–H groups in total. The summed E-state index contributed by atoms with van der Waals surface area (Å²) in [7, 11) is -2.48. The molecule has 1 saturated carbocycles. The number of benzene rings is 1. The van der Waals surface area contributed by atoms with E-state index >= 15 is 0 Å². The number of nitrogens with one attached hydrogen (secondary N) is 1. The van der Waals surface area contributed by atoms with E-state index in [-0.39, 0.29) is 6.10 Å². The number of hydrogen-bond donors (Lipinski definition) is 2. The number of nitrogens with zero attached hydrogens (tertiary/aromatic N) is 1. The summed E-state index contributed by atoms with van der Waals surface area (Å²) in [6.07, 6.45) is 8.93. The summed E-state index contributed by atoms with van der Waals surface area (Å²) in [5, 5.41) is 4.81. The second-order valence-corrected chi connectivity index (χ2v) is 13.2. The third kappa shape index (κ3) is 5.21. The average Bonchev–Trinajstić information content (AvgIpc) is 3.38. The monoisotopic (exact) mass is 461 g/mol. The topological polar surface area (TPSA) is 94.3 Å².